The van der Waals surface area contributed by atoms with Gasteiger partial charge in [0, 0.05) is 0 Å². The molecule has 3 nitrogen and oxygen atoms in total. The van der Waals surface area contributed by atoms with Crippen LogP contribution in [0.4, 0.5) is 0 Å². The third-order valence-electron chi connectivity index (χ3n) is 4.69. The molecule has 160 valence electrons. The molecule has 0 N–H and O–H groups in total. The average molecular weight is 840 g/mol. The van der Waals surface area contributed by atoms with Crippen molar-refractivity contribution < 1.29 is 14.2 Å². The van der Waals surface area contributed by atoms with Gasteiger partial charge in [-0.25, -0.2) is 0 Å². The Labute approximate surface area is 214 Å². The summed E-state index contributed by atoms with van der Waals surface area (Å²) in [5.41, 5.74) is 0. The molecular weight excluding hydrogens is 822 g/mol. The summed E-state index contributed by atoms with van der Waals surface area (Å²) in [4.78, 5) is 0. The Morgan fingerprint density at radius 3 is 1.03 bits per heavy atom. The molecule has 30 heavy (non-hydrogen) atoms. The van der Waals surface area contributed by atoms with Crippen molar-refractivity contribution in [2.45, 2.75) is 0 Å². The maximum atomic E-state index is 5.83. The Kier molecular flexibility index (Phi) is 8.01. The summed E-state index contributed by atoms with van der Waals surface area (Å²) >= 11 is 14.9. The zero-order valence-electron chi connectivity index (χ0n) is 16.3. The van der Waals surface area contributed by atoms with Gasteiger partial charge in [0.1, 0.15) is 0 Å². The normalized spacial score (nSPS) is 12.7. The van der Waals surface area contributed by atoms with E-state index < -0.39 is 12.9 Å². The van der Waals surface area contributed by atoms with E-state index in [4.69, 9.17) is 14.2 Å². The molecule has 3 aromatic carbocycles. The van der Waals surface area contributed by atoms with Crippen LogP contribution in [-0.4, -0.2) is 34.2 Å². The molecular formula is C21H18Br5O3Sb. The summed E-state index contributed by atoms with van der Waals surface area (Å²) in [6.07, 6.45) is 0. The third-order valence-corrected chi connectivity index (χ3v) is 31.8. The molecule has 3 rings (SSSR count). The Bertz CT molecular complexity index is 967. The molecule has 0 atom stereocenters. The Hall–Kier alpha value is 0.278. The van der Waals surface area contributed by atoms with Gasteiger partial charge >= 0.3 is 217 Å². The second-order valence-electron chi connectivity index (χ2n) is 6.35. The van der Waals surface area contributed by atoms with Crippen LogP contribution in [0.5, 0.6) is 17.2 Å². The van der Waals surface area contributed by atoms with Gasteiger partial charge in [0.2, 0.25) is 0 Å². The van der Waals surface area contributed by atoms with E-state index in [1.54, 1.807) is 21.3 Å². The standard InChI is InChI=1S/3C7H6BrO.2BrH.Sb/c3*1-9-7-4-2-6(8)3-5-7;;;/h3*2-4H,1H3;2*1H;/q;;;;;+2/p-2. The summed E-state index contributed by atoms with van der Waals surface area (Å²) in [7, 11) is 5.03. The van der Waals surface area contributed by atoms with E-state index in [1.165, 1.54) is 0 Å². The summed E-state index contributed by atoms with van der Waals surface area (Å²) in [6, 6.07) is 18.0. The fourth-order valence-electron chi connectivity index (χ4n) is 3.30. The topological polar surface area (TPSA) is 27.7 Å². The monoisotopic (exact) mass is 834 g/mol. The quantitative estimate of drug-likeness (QED) is 0.277. The molecule has 9 heteroatoms. The average Bonchev–Trinajstić information content (AvgIpc) is 2.73. The summed E-state index contributed by atoms with van der Waals surface area (Å²) < 4.78 is 23.3. The van der Waals surface area contributed by atoms with Crippen LogP contribution < -0.4 is 24.7 Å². The number of hydrogen-bond donors (Lipinski definition) is 0. The molecule has 0 fully saturated rings. The van der Waals surface area contributed by atoms with Gasteiger partial charge in [-0.1, -0.05) is 0 Å². The first-order chi connectivity index (χ1) is 14.1. The molecule has 0 radical (unpaired) electrons. The zero-order valence-corrected chi connectivity index (χ0v) is 26.7. The second-order valence-corrected chi connectivity index (χ2v) is 43.8. The van der Waals surface area contributed by atoms with Gasteiger partial charge in [0.25, 0.3) is 0 Å². The van der Waals surface area contributed by atoms with Crippen LogP contribution in [-0.2, 0) is 0 Å². The molecule has 0 saturated heterocycles. The number of rotatable bonds is 6. The number of methoxy groups -OCH3 is 3. The summed E-state index contributed by atoms with van der Waals surface area (Å²) in [5.74, 6) is 2.29. The Morgan fingerprint density at radius 1 is 0.533 bits per heavy atom. The Balaban J connectivity index is 2.60. The van der Waals surface area contributed by atoms with Crippen molar-refractivity contribution in [3.8, 4) is 17.2 Å². The van der Waals surface area contributed by atoms with Gasteiger partial charge in [-0.05, 0) is 0 Å². The van der Waals surface area contributed by atoms with Crippen molar-refractivity contribution in [3.05, 3.63) is 68.0 Å². The van der Waals surface area contributed by atoms with Crippen LogP contribution in [0.25, 0.3) is 0 Å². The van der Waals surface area contributed by atoms with Crippen LogP contribution in [0.2, 0.25) is 0 Å². The minimum absolute atomic E-state index is 0.762. The first-order valence-electron chi connectivity index (χ1n) is 8.63. The van der Waals surface area contributed by atoms with Crippen LogP contribution in [0, 0.1) is 0 Å². The third kappa shape index (κ3) is 4.38. The first-order valence-corrected chi connectivity index (χ1v) is 26.3. The van der Waals surface area contributed by atoms with E-state index in [0.29, 0.717) is 0 Å². The van der Waals surface area contributed by atoms with Crippen molar-refractivity contribution >= 4 is 96.4 Å². The predicted molar refractivity (Wildman–Crippen MR) is 145 cm³/mol. The van der Waals surface area contributed by atoms with Gasteiger partial charge in [0.05, 0.1) is 0 Å². The molecule has 0 aliphatic rings. The molecule has 0 unspecified atom stereocenters. The van der Waals surface area contributed by atoms with Crippen molar-refractivity contribution in [1.29, 1.82) is 0 Å². The van der Waals surface area contributed by atoms with Gasteiger partial charge in [-0.2, -0.15) is 0 Å². The van der Waals surface area contributed by atoms with Gasteiger partial charge in [0.15, 0.2) is 0 Å². The van der Waals surface area contributed by atoms with E-state index in [-0.39, 0.29) is 0 Å². The van der Waals surface area contributed by atoms with E-state index in [0.717, 1.165) is 41.2 Å². The fraction of sp³-hybridized carbons (Fsp3) is 0.143. The minimum atomic E-state index is -4.62. The molecule has 0 heterocycles. The van der Waals surface area contributed by atoms with Crippen LogP contribution >= 0.6 is 73.0 Å². The molecule has 0 aliphatic heterocycles. The molecule has 0 bridgehead atoms. The molecule has 3 aromatic rings. The second kappa shape index (κ2) is 9.64. The van der Waals surface area contributed by atoms with Gasteiger partial charge < -0.3 is 0 Å². The fourth-order valence-corrected chi connectivity index (χ4v) is 27.2. The van der Waals surface area contributed by atoms with E-state index >= 15 is 0 Å². The maximum absolute atomic E-state index is 5.83. The Morgan fingerprint density at radius 2 is 0.800 bits per heavy atom. The van der Waals surface area contributed by atoms with Crippen LogP contribution in [0.1, 0.15) is 0 Å². The molecule has 0 amide bonds. The number of benzene rings is 3. The van der Waals surface area contributed by atoms with Crippen LogP contribution in [0.15, 0.2) is 68.0 Å². The molecule has 0 saturated carbocycles. The number of ether oxygens (including phenoxy) is 3. The molecule has 0 spiro atoms. The van der Waals surface area contributed by atoms with Gasteiger partial charge in [-0.15, -0.1) is 0 Å². The predicted octanol–water partition coefficient (Wildman–Crippen LogP) is 6.21. The van der Waals surface area contributed by atoms with Crippen LogP contribution in [0.3, 0.4) is 0 Å². The summed E-state index contributed by atoms with van der Waals surface area (Å²) in [6.45, 7) is 0. The van der Waals surface area contributed by atoms with Crippen molar-refractivity contribution in [2.24, 2.45) is 0 Å². The van der Waals surface area contributed by atoms with Gasteiger partial charge in [-0.3, -0.25) is 0 Å². The van der Waals surface area contributed by atoms with Crippen molar-refractivity contribution in [2.75, 3.05) is 21.3 Å². The number of halogens is 5. The molecule has 0 aromatic heterocycles. The van der Waals surface area contributed by atoms with E-state index in [2.05, 4.69) is 91.2 Å². The summed E-state index contributed by atoms with van der Waals surface area (Å²) in [5, 5.41) is 0. The van der Waals surface area contributed by atoms with E-state index in [9.17, 15) is 0 Å². The van der Waals surface area contributed by atoms with E-state index in [1.807, 2.05) is 36.4 Å². The number of hydrogen-bond acceptors (Lipinski definition) is 3. The van der Waals surface area contributed by atoms with Crippen molar-refractivity contribution in [3.63, 3.8) is 0 Å². The SMILES string of the molecule is COc1ccc(Br)c[c]1[Sb]([Br])([Br])([c]1cc(Br)ccc1OC)[c]1cc(Br)ccc1OC. The zero-order chi connectivity index (χ0) is 22.1. The first kappa shape index (κ1) is 24.9. The van der Waals surface area contributed by atoms with Crippen molar-refractivity contribution in [1.82, 2.24) is 0 Å². The molecule has 0 aliphatic carbocycles.